The Kier molecular flexibility index (Phi) is 5.18. The number of fused-ring (bicyclic) bond motifs is 1. The molecule has 4 rings (SSSR count). The van der Waals surface area contributed by atoms with Crippen LogP contribution in [0.3, 0.4) is 0 Å². The fourth-order valence-electron chi connectivity index (χ4n) is 3.37. The number of benzene rings is 2. The SMILES string of the molecule is Cc1nn(Cc2ccc(F)cc2)c(C)c1NC(=O)C1(C)Oc2ccc(Cl)cc2NC1=O. The second kappa shape index (κ2) is 7.70. The van der Waals surface area contributed by atoms with Crippen molar-refractivity contribution in [3.05, 3.63) is 70.3 Å². The lowest BCUT2D eigenvalue weighted by molar-refractivity contribution is -0.143. The highest BCUT2D eigenvalue weighted by molar-refractivity contribution is 6.31. The van der Waals surface area contributed by atoms with Crippen LogP contribution in [-0.4, -0.2) is 27.2 Å². The fraction of sp³-hybridized carbons (Fsp3) is 0.227. The molecule has 1 unspecified atom stereocenters. The minimum atomic E-state index is -1.78. The monoisotopic (exact) mass is 442 g/mol. The molecule has 1 aliphatic rings. The van der Waals surface area contributed by atoms with Gasteiger partial charge in [0, 0.05) is 5.02 Å². The number of amides is 2. The van der Waals surface area contributed by atoms with Crippen LogP contribution in [-0.2, 0) is 16.1 Å². The molecule has 1 aliphatic heterocycles. The van der Waals surface area contributed by atoms with Crippen LogP contribution in [0.25, 0.3) is 0 Å². The number of nitrogens with one attached hydrogen (secondary N) is 2. The van der Waals surface area contributed by atoms with E-state index in [0.29, 0.717) is 40.1 Å². The van der Waals surface area contributed by atoms with Crippen molar-refractivity contribution >= 4 is 34.8 Å². The number of ether oxygens (including phenoxy) is 1. The molecule has 9 heteroatoms. The third-order valence-electron chi connectivity index (χ3n) is 5.24. The highest BCUT2D eigenvalue weighted by Crippen LogP contribution is 2.36. The molecular formula is C22H20ClFN4O3. The van der Waals surface area contributed by atoms with Gasteiger partial charge in [-0.3, -0.25) is 14.3 Å². The van der Waals surface area contributed by atoms with Crippen molar-refractivity contribution in [2.45, 2.75) is 32.9 Å². The first-order chi connectivity index (χ1) is 14.7. The molecule has 2 aromatic carbocycles. The van der Waals surface area contributed by atoms with Crippen molar-refractivity contribution < 1.29 is 18.7 Å². The smallest absolute Gasteiger partial charge is 0.278 e. The number of hydrogen-bond donors (Lipinski definition) is 2. The predicted octanol–water partition coefficient (Wildman–Crippen LogP) is 4.07. The molecule has 2 amide bonds. The first-order valence-electron chi connectivity index (χ1n) is 9.57. The molecule has 0 saturated carbocycles. The zero-order valence-electron chi connectivity index (χ0n) is 17.1. The summed E-state index contributed by atoms with van der Waals surface area (Å²) < 4.78 is 20.6. The maximum atomic E-state index is 13.2. The Labute approximate surface area is 183 Å². The molecule has 1 atom stereocenters. The number of rotatable bonds is 4. The van der Waals surface area contributed by atoms with Crippen molar-refractivity contribution in [1.82, 2.24) is 9.78 Å². The number of halogens is 2. The zero-order chi connectivity index (χ0) is 22.3. The summed E-state index contributed by atoms with van der Waals surface area (Å²) >= 11 is 5.95. The van der Waals surface area contributed by atoms with E-state index in [-0.39, 0.29) is 5.82 Å². The quantitative estimate of drug-likeness (QED) is 0.596. The third kappa shape index (κ3) is 3.86. The van der Waals surface area contributed by atoms with Crippen molar-refractivity contribution in [1.29, 1.82) is 0 Å². The summed E-state index contributed by atoms with van der Waals surface area (Å²) in [5.41, 5.74) is 1.26. The first-order valence-corrected chi connectivity index (χ1v) is 9.95. The second-order valence-corrected chi connectivity index (χ2v) is 7.95. The summed E-state index contributed by atoms with van der Waals surface area (Å²) in [6, 6.07) is 10.9. The number of hydrogen-bond acceptors (Lipinski definition) is 4. The van der Waals surface area contributed by atoms with Gasteiger partial charge in [-0.05, 0) is 56.7 Å². The molecule has 0 saturated heterocycles. The zero-order valence-corrected chi connectivity index (χ0v) is 17.9. The molecule has 2 N–H and O–H groups in total. The van der Waals surface area contributed by atoms with Gasteiger partial charge in [-0.15, -0.1) is 0 Å². The molecule has 3 aromatic rings. The van der Waals surface area contributed by atoms with Crippen LogP contribution in [0.4, 0.5) is 15.8 Å². The second-order valence-electron chi connectivity index (χ2n) is 7.51. The first kappa shape index (κ1) is 20.9. The molecule has 160 valence electrons. The van der Waals surface area contributed by atoms with Crippen LogP contribution in [0.5, 0.6) is 5.75 Å². The summed E-state index contributed by atoms with van der Waals surface area (Å²) in [6.07, 6.45) is 0. The summed E-state index contributed by atoms with van der Waals surface area (Å²) in [5.74, 6) is -1.19. The van der Waals surface area contributed by atoms with Gasteiger partial charge < -0.3 is 15.4 Å². The number of carbonyl (C=O) groups is 2. The van der Waals surface area contributed by atoms with Crippen molar-refractivity contribution in [2.24, 2.45) is 0 Å². The van der Waals surface area contributed by atoms with Crippen LogP contribution >= 0.6 is 11.6 Å². The van der Waals surface area contributed by atoms with E-state index >= 15 is 0 Å². The lowest BCUT2D eigenvalue weighted by Crippen LogP contribution is -2.56. The molecular weight excluding hydrogens is 423 g/mol. The molecule has 0 aliphatic carbocycles. The Morgan fingerprint density at radius 1 is 1.26 bits per heavy atom. The maximum absolute atomic E-state index is 13.2. The number of carbonyl (C=O) groups excluding carboxylic acids is 2. The Morgan fingerprint density at radius 2 is 1.97 bits per heavy atom. The molecule has 7 nitrogen and oxygen atoms in total. The molecule has 1 aromatic heterocycles. The van der Waals surface area contributed by atoms with E-state index in [1.807, 2.05) is 0 Å². The van der Waals surface area contributed by atoms with Gasteiger partial charge in [0.15, 0.2) is 0 Å². The minimum Gasteiger partial charge on any atom is -0.466 e. The van der Waals surface area contributed by atoms with Gasteiger partial charge in [-0.1, -0.05) is 23.7 Å². The van der Waals surface area contributed by atoms with E-state index in [2.05, 4.69) is 15.7 Å². The lowest BCUT2D eigenvalue weighted by Gasteiger charge is -2.33. The Morgan fingerprint density at radius 3 is 2.68 bits per heavy atom. The van der Waals surface area contributed by atoms with Crippen LogP contribution < -0.4 is 15.4 Å². The number of aromatic nitrogens is 2. The standard InChI is InChI=1S/C22H20ClFN4O3/c1-12-19(13(2)28(27-12)11-14-4-7-16(24)8-5-14)26-21(30)22(3)20(29)25-17-10-15(23)6-9-18(17)31-22/h4-10H,11H2,1-3H3,(H,25,29)(H,26,30). The summed E-state index contributed by atoms with van der Waals surface area (Å²) in [6.45, 7) is 5.37. The molecule has 0 bridgehead atoms. The molecule has 0 radical (unpaired) electrons. The van der Waals surface area contributed by atoms with Gasteiger partial charge in [0.05, 0.1) is 29.3 Å². The number of nitrogens with zero attached hydrogens (tertiary/aromatic N) is 2. The summed E-state index contributed by atoms with van der Waals surface area (Å²) in [4.78, 5) is 25.8. The fourth-order valence-corrected chi connectivity index (χ4v) is 3.55. The Bertz CT molecular complexity index is 1190. The van der Waals surface area contributed by atoms with Crippen molar-refractivity contribution in [3.8, 4) is 5.75 Å². The van der Waals surface area contributed by atoms with Crippen LogP contribution in [0, 0.1) is 19.7 Å². The number of aryl methyl sites for hydroxylation is 1. The topological polar surface area (TPSA) is 85.2 Å². The van der Waals surface area contributed by atoms with Gasteiger partial charge in [0.1, 0.15) is 11.6 Å². The highest BCUT2D eigenvalue weighted by atomic mass is 35.5. The van der Waals surface area contributed by atoms with Crippen LogP contribution in [0.1, 0.15) is 23.9 Å². The maximum Gasteiger partial charge on any atom is 0.278 e. The molecule has 2 heterocycles. The Hall–Kier alpha value is -3.39. The van der Waals surface area contributed by atoms with Gasteiger partial charge in [0.25, 0.3) is 17.4 Å². The average molecular weight is 443 g/mol. The van der Waals surface area contributed by atoms with Gasteiger partial charge in [-0.2, -0.15) is 5.10 Å². The molecule has 31 heavy (non-hydrogen) atoms. The van der Waals surface area contributed by atoms with E-state index < -0.39 is 17.4 Å². The predicted molar refractivity (Wildman–Crippen MR) is 115 cm³/mol. The number of anilines is 2. The lowest BCUT2D eigenvalue weighted by atomic mass is 10.0. The molecule has 0 spiro atoms. The largest absolute Gasteiger partial charge is 0.466 e. The summed E-state index contributed by atoms with van der Waals surface area (Å²) in [5, 5.41) is 10.4. The summed E-state index contributed by atoms with van der Waals surface area (Å²) in [7, 11) is 0. The van der Waals surface area contributed by atoms with Gasteiger partial charge in [-0.25, -0.2) is 4.39 Å². The normalized spacial score (nSPS) is 17.5. The average Bonchev–Trinajstić information content (AvgIpc) is 2.98. The van der Waals surface area contributed by atoms with Gasteiger partial charge in [0.2, 0.25) is 0 Å². The third-order valence-corrected chi connectivity index (χ3v) is 5.47. The van der Waals surface area contributed by atoms with E-state index in [0.717, 1.165) is 5.56 Å². The minimum absolute atomic E-state index is 0.312. The van der Waals surface area contributed by atoms with E-state index in [1.54, 1.807) is 48.9 Å². The van der Waals surface area contributed by atoms with E-state index in [1.165, 1.54) is 19.1 Å². The van der Waals surface area contributed by atoms with Crippen LogP contribution in [0.15, 0.2) is 42.5 Å². The van der Waals surface area contributed by atoms with Crippen molar-refractivity contribution in [2.75, 3.05) is 10.6 Å². The Balaban J connectivity index is 1.57. The van der Waals surface area contributed by atoms with E-state index in [4.69, 9.17) is 16.3 Å². The van der Waals surface area contributed by atoms with Crippen LogP contribution in [0.2, 0.25) is 5.02 Å². The van der Waals surface area contributed by atoms with Crippen molar-refractivity contribution in [3.63, 3.8) is 0 Å². The van der Waals surface area contributed by atoms with E-state index in [9.17, 15) is 14.0 Å². The highest BCUT2D eigenvalue weighted by Gasteiger charge is 2.47. The van der Waals surface area contributed by atoms with Gasteiger partial charge >= 0.3 is 0 Å². The molecule has 0 fully saturated rings.